The molecule has 2 aromatic heterocycles. The largest absolute Gasteiger partial charge is 0.455 e. The summed E-state index contributed by atoms with van der Waals surface area (Å²) in [5.41, 5.74) is 26.3. The number of aromatic nitrogens is 1. The fraction of sp³-hybridized carbons (Fsp3) is 0.0789. The lowest BCUT2D eigenvalue weighted by atomic mass is 9.61. The molecule has 3 aliphatic rings. The first-order chi connectivity index (χ1) is 38.9. The van der Waals surface area contributed by atoms with Gasteiger partial charge in [0.25, 0.3) is 0 Å². The van der Waals surface area contributed by atoms with Gasteiger partial charge in [-0.05, 0) is 157 Å². The van der Waals surface area contributed by atoms with E-state index in [4.69, 9.17) is 4.42 Å². The number of nitrogens with zero attached hydrogens (tertiary/aromatic N) is 2. The molecule has 0 saturated carbocycles. The molecule has 1 atom stereocenters. The lowest BCUT2D eigenvalue weighted by Gasteiger charge is -2.40. The van der Waals surface area contributed by atoms with E-state index < -0.39 is 0 Å². The summed E-state index contributed by atoms with van der Waals surface area (Å²) in [6.07, 6.45) is 5.83. The third-order valence-electron chi connectivity index (χ3n) is 17.9. The molecule has 2 heterocycles. The molecule has 374 valence electrons. The van der Waals surface area contributed by atoms with E-state index in [0.29, 0.717) is 0 Å². The van der Waals surface area contributed by atoms with Crippen molar-refractivity contribution in [2.75, 3.05) is 4.90 Å². The third kappa shape index (κ3) is 6.72. The predicted octanol–water partition coefficient (Wildman–Crippen LogP) is 19.8. The summed E-state index contributed by atoms with van der Waals surface area (Å²) in [6, 6.07) is 96.5. The topological polar surface area (TPSA) is 21.3 Å². The number of fused-ring (bicyclic) bond motifs is 12. The Morgan fingerprint density at radius 2 is 0.987 bits per heavy atom. The van der Waals surface area contributed by atoms with Gasteiger partial charge >= 0.3 is 0 Å². The van der Waals surface area contributed by atoms with Gasteiger partial charge in [-0.2, -0.15) is 0 Å². The lowest BCUT2D eigenvalue weighted by molar-refractivity contribution is 0.452. The molecule has 13 aromatic rings. The molecule has 1 unspecified atom stereocenters. The van der Waals surface area contributed by atoms with Crippen molar-refractivity contribution >= 4 is 56.0 Å². The van der Waals surface area contributed by atoms with Gasteiger partial charge in [0.15, 0.2) is 0 Å². The molecule has 0 radical (unpaired) electrons. The van der Waals surface area contributed by atoms with Crippen LogP contribution in [0.5, 0.6) is 0 Å². The summed E-state index contributed by atoms with van der Waals surface area (Å²) in [7, 11) is 0. The van der Waals surface area contributed by atoms with E-state index in [-0.39, 0.29) is 16.7 Å². The van der Waals surface area contributed by atoms with Crippen LogP contribution in [0.2, 0.25) is 0 Å². The van der Waals surface area contributed by atoms with E-state index in [2.05, 4.69) is 290 Å². The molecule has 3 nitrogen and oxygen atoms in total. The second kappa shape index (κ2) is 17.4. The van der Waals surface area contributed by atoms with Crippen molar-refractivity contribution in [2.45, 2.75) is 31.1 Å². The SMILES string of the molecule is CC1(C)c2ccccc2-c2ccc(N(c3ccc(-c4ccc5c(c4)c4c(n5-c5ccccc5)C=CC(C5(c6ccccc6)c6ccccc6-c6ccccc65)C4)cc3)c3ccc(-c4cccc5c4oc4ccccc45)cc3)cc21. The number of anilines is 3. The highest BCUT2D eigenvalue weighted by molar-refractivity contribution is 6.09. The molecular formula is C76H54N2O. The van der Waals surface area contributed by atoms with E-state index >= 15 is 0 Å². The molecule has 0 N–H and O–H groups in total. The summed E-state index contributed by atoms with van der Waals surface area (Å²) < 4.78 is 9.00. The Morgan fingerprint density at radius 1 is 0.430 bits per heavy atom. The molecule has 3 heteroatoms. The van der Waals surface area contributed by atoms with Crippen molar-refractivity contribution in [2.24, 2.45) is 5.92 Å². The highest BCUT2D eigenvalue weighted by atomic mass is 16.3. The second-order valence-corrected chi connectivity index (χ2v) is 22.3. The van der Waals surface area contributed by atoms with E-state index in [1.807, 2.05) is 6.07 Å². The summed E-state index contributed by atoms with van der Waals surface area (Å²) >= 11 is 0. The van der Waals surface area contributed by atoms with Gasteiger partial charge in [-0.15, -0.1) is 0 Å². The van der Waals surface area contributed by atoms with Crippen LogP contribution in [-0.2, 0) is 17.3 Å². The predicted molar refractivity (Wildman–Crippen MR) is 328 cm³/mol. The van der Waals surface area contributed by atoms with Gasteiger partial charge in [0.1, 0.15) is 11.2 Å². The number of rotatable bonds is 8. The molecule has 16 rings (SSSR count). The molecule has 0 amide bonds. The van der Waals surface area contributed by atoms with Gasteiger partial charge < -0.3 is 13.9 Å². The molecule has 79 heavy (non-hydrogen) atoms. The van der Waals surface area contributed by atoms with Crippen molar-refractivity contribution < 1.29 is 4.42 Å². The summed E-state index contributed by atoms with van der Waals surface area (Å²) in [5.74, 6) is 0.155. The zero-order valence-electron chi connectivity index (χ0n) is 44.1. The highest BCUT2D eigenvalue weighted by Crippen LogP contribution is 2.59. The van der Waals surface area contributed by atoms with Gasteiger partial charge in [-0.25, -0.2) is 0 Å². The number of furan rings is 1. The van der Waals surface area contributed by atoms with Gasteiger partial charge in [0, 0.05) is 55.6 Å². The van der Waals surface area contributed by atoms with Crippen LogP contribution in [0.25, 0.3) is 89.1 Å². The Hall–Kier alpha value is -9.70. The molecule has 11 aromatic carbocycles. The Kier molecular flexibility index (Phi) is 10.0. The first kappa shape index (κ1) is 45.5. The molecule has 3 aliphatic carbocycles. The molecule has 0 bridgehead atoms. The zero-order valence-corrected chi connectivity index (χ0v) is 44.1. The first-order valence-corrected chi connectivity index (χ1v) is 27.7. The van der Waals surface area contributed by atoms with Crippen molar-refractivity contribution in [3.63, 3.8) is 0 Å². The Balaban J connectivity index is 0.813. The summed E-state index contributed by atoms with van der Waals surface area (Å²) in [6.45, 7) is 4.72. The van der Waals surface area contributed by atoms with Gasteiger partial charge in [0.05, 0.1) is 10.9 Å². The van der Waals surface area contributed by atoms with Crippen LogP contribution < -0.4 is 4.90 Å². The van der Waals surface area contributed by atoms with Gasteiger partial charge in [0.2, 0.25) is 0 Å². The number of para-hydroxylation sites is 3. The molecule has 0 aliphatic heterocycles. The average Bonchev–Trinajstić information content (AvgIpc) is 3.52. The first-order valence-electron chi connectivity index (χ1n) is 27.7. The van der Waals surface area contributed by atoms with Crippen LogP contribution in [0.1, 0.15) is 52.9 Å². The second-order valence-electron chi connectivity index (χ2n) is 22.3. The standard InChI is InChI=1S/C76H54N2O/c1-75(2)67-28-13-9-22-59(67)62-43-42-57(48-70(62)75)77(56-40-34-50(35-41-56)58-26-17-27-64-63-25-12-16-31-73(63)79-74(58)64)55-38-32-49(33-39-55)51-36-44-71-65(46-51)66-47-53(37-45-72(66)78(71)54-20-7-4-8-21-54)76(52-18-5-3-6-19-52)68-29-14-10-23-60(68)61-24-11-15-30-69(61)76/h3-46,48,53H,47H2,1-2H3. The number of hydrogen-bond donors (Lipinski definition) is 0. The van der Waals surface area contributed by atoms with E-state index in [1.54, 1.807) is 0 Å². The van der Waals surface area contributed by atoms with Crippen molar-refractivity contribution in [3.8, 4) is 50.2 Å². The van der Waals surface area contributed by atoms with Gasteiger partial charge in [-0.3, -0.25) is 0 Å². The van der Waals surface area contributed by atoms with Crippen LogP contribution >= 0.6 is 0 Å². The van der Waals surface area contributed by atoms with Crippen LogP contribution in [0.3, 0.4) is 0 Å². The fourth-order valence-electron chi connectivity index (χ4n) is 14.3. The number of allylic oxidation sites excluding steroid dienone is 1. The van der Waals surface area contributed by atoms with E-state index in [9.17, 15) is 0 Å². The number of hydrogen-bond acceptors (Lipinski definition) is 2. The minimum absolute atomic E-state index is 0.145. The fourth-order valence-corrected chi connectivity index (χ4v) is 14.3. The highest BCUT2D eigenvalue weighted by Gasteiger charge is 2.50. The molecule has 0 fully saturated rings. The maximum Gasteiger partial charge on any atom is 0.143 e. The maximum atomic E-state index is 6.52. The van der Waals surface area contributed by atoms with Crippen LogP contribution in [0.4, 0.5) is 17.1 Å². The van der Waals surface area contributed by atoms with Crippen molar-refractivity contribution in [1.82, 2.24) is 4.57 Å². The lowest BCUT2D eigenvalue weighted by Crippen LogP contribution is -2.37. The maximum absolute atomic E-state index is 6.52. The van der Waals surface area contributed by atoms with E-state index in [0.717, 1.165) is 56.5 Å². The molecule has 0 saturated heterocycles. The zero-order chi connectivity index (χ0) is 52.4. The van der Waals surface area contributed by atoms with Crippen LogP contribution in [0.15, 0.2) is 271 Å². The summed E-state index contributed by atoms with van der Waals surface area (Å²) in [5, 5.41) is 3.56. The Morgan fingerprint density at radius 3 is 1.71 bits per heavy atom. The van der Waals surface area contributed by atoms with Crippen molar-refractivity contribution in [3.05, 3.63) is 306 Å². The minimum atomic E-state index is -0.370. The number of benzene rings is 11. The smallest absolute Gasteiger partial charge is 0.143 e. The summed E-state index contributed by atoms with van der Waals surface area (Å²) in [4.78, 5) is 2.42. The van der Waals surface area contributed by atoms with Crippen LogP contribution in [0, 0.1) is 5.92 Å². The minimum Gasteiger partial charge on any atom is -0.455 e. The molecule has 0 spiro atoms. The normalized spacial score (nSPS) is 15.2. The Bertz CT molecular complexity index is 4550. The Labute approximate surface area is 460 Å². The average molecular weight is 1010 g/mol. The van der Waals surface area contributed by atoms with E-state index in [1.165, 1.54) is 89.0 Å². The van der Waals surface area contributed by atoms with Gasteiger partial charge in [-0.1, -0.05) is 214 Å². The van der Waals surface area contributed by atoms with Crippen molar-refractivity contribution in [1.29, 1.82) is 0 Å². The van der Waals surface area contributed by atoms with Crippen LogP contribution in [-0.4, -0.2) is 4.57 Å². The quantitative estimate of drug-likeness (QED) is 0.151. The third-order valence-corrected chi connectivity index (χ3v) is 17.9. The molecular weight excluding hydrogens is 957 g/mol. The monoisotopic (exact) mass is 1010 g/mol.